The first kappa shape index (κ1) is 18.4. The Kier molecular flexibility index (Phi) is 6.87. The monoisotopic (exact) mass is 363 g/mol. The number of likely N-dealkylation sites (tertiary alicyclic amines) is 1. The van der Waals surface area contributed by atoms with Crippen LogP contribution in [-0.2, 0) is 11.2 Å². The third kappa shape index (κ3) is 5.54. The SMILES string of the molecule is O=C(CN1CCC[C@@H]1C1CCCCC1)NC(=O)NCCc1cccs1. The van der Waals surface area contributed by atoms with Gasteiger partial charge in [-0.1, -0.05) is 25.3 Å². The zero-order valence-corrected chi connectivity index (χ0v) is 15.7. The van der Waals surface area contributed by atoms with E-state index in [9.17, 15) is 9.59 Å². The number of hydrogen-bond acceptors (Lipinski definition) is 4. The van der Waals surface area contributed by atoms with Crippen molar-refractivity contribution in [3.05, 3.63) is 22.4 Å². The molecule has 2 heterocycles. The lowest BCUT2D eigenvalue weighted by Gasteiger charge is -2.33. The van der Waals surface area contributed by atoms with Gasteiger partial charge in [0.05, 0.1) is 6.54 Å². The second kappa shape index (κ2) is 9.34. The molecule has 3 amide bonds. The van der Waals surface area contributed by atoms with Crippen molar-refractivity contribution in [1.82, 2.24) is 15.5 Å². The van der Waals surface area contributed by atoms with Crippen molar-refractivity contribution < 1.29 is 9.59 Å². The van der Waals surface area contributed by atoms with E-state index in [2.05, 4.69) is 15.5 Å². The fourth-order valence-corrected chi connectivity index (χ4v) is 4.96. The van der Waals surface area contributed by atoms with Crippen molar-refractivity contribution >= 4 is 23.3 Å². The molecule has 138 valence electrons. The van der Waals surface area contributed by atoms with E-state index >= 15 is 0 Å². The third-order valence-corrected chi connectivity index (χ3v) is 6.38. The topological polar surface area (TPSA) is 61.4 Å². The average molecular weight is 364 g/mol. The number of hydrogen-bond donors (Lipinski definition) is 2. The van der Waals surface area contributed by atoms with Gasteiger partial charge in [0.25, 0.3) is 0 Å². The van der Waals surface area contributed by atoms with Crippen LogP contribution < -0.4 is 10.6 Å². The van der Waals surface area contributed by atoms with Crippen molar-refractivity contribution in [3.63, 3.8) is 0 Å². The summed E-state index contributed by atoms with van der Waals surface area (Å²) in [7, 11) is 0. The van der Waals surface area contributed by atoms with Crippen LogP contribution in [0.5, 0.6) is 0 Å². The largest absolute Gasteiger partial charge is 0.337 e. The molecular formula is C19H29N3O2S. The van der Waals surface area contributed by atoms with Crippen molar-refractivity contribution in [2.45, 2.75) is 57.4 Å². The van der Waals surface area contributed by atoms with Gasteiger partial charge in [-0.25, -0.2) is 4.79 Å². The lowest BCUT2D eigenvalue weighted by Crippen LogP contribution is -2.47. The van der Waals surface area contributed by atoms with Crippen LogP contribution in [0.25, 0.3) is 0 Å². The van der Waals surface area contributed by atoms with Crippen molar-refractivity contribution in [1.29, 1.82) is 0 Å². The maximum Gasteiger partial charge on any atom is 0.321 e. The molecule has 0 bridgehead atoms. The van der Waals surface area contributed by atoms with Gasteiger partial charge in [0.2, 0.25) is 5.91 Å². The Hall–Kier alpha value is -1.40. The molecule has 1 aromatic rings. The van der Waals surface area contributed by atoms with Gasteiger partial charge in [-0.15, -0.1) is 11.3 Å². The minimum Gasteiger partial charge on any atom is -0.337 e. The van der Waals surface area contributed by atoms with Crippen LogP contribution in [0.15, 0.2) is 17.5 Å². The van der Waals surface area contributed by atoms with Gasteiger partial charge in [0.15, 0.2) is 0 Å². The molecule has 0 unspecified atom stereocenters. The van der Waals surface area contributed by atoms with Crippen LogP contribution >= 0.6 is 11.3 Å². The molecule has 5 nitrogen and oxygen atoms in total. The molecule has 1 saturated heterocycles. The lowest BCUT2D eigenvalue weighted by atomic mass is 9.83. The number of urea groups is 1. The second-order valence-corrected chi connectivity index (χ2v) is 8.24. The Morgan fingerprint density at radius 3 is 2.76 bits per heavy atom. The average Bonchev–Trinajstić information content (AvgIpc) is 3.27. The number of imide groups is 1. The van der Waals surface area contributed by atoms with E-state index in [0.717, 1.165) is 18.9 Å². The van der Waals surface area contributed by atoms with Gasteiger partial charge in [-0.2, -0.15) is 0 Å². The summed E-state index contributed by atoms with van der Waals surface area (Å²) in [5, 5.41) is 7.28. The summed E-state index contributed by atoms with van der Waals surface area (Å²) < 4.78 is 0. The first-order valence-electron chi connectivity index (χ1n) is 9.56. The van der Waals surface area contributed by atoms with Crippen LogP contribution in [0, 0.1) is 5.92 Å². The summed E-state index contributed by atoms with van der Waals surface area (Å²) in [4.78, 5) is 27.6. The molecule has 1 aliphatic heterocycles. The smallest absolute Gasteiger partial charge is 0.321 e. The number of thiophene rings is 1. The van der Waals surface area contributed by atoms with Crippen LogP contribution in [0.2, 0.25) is 0 Å². The Morgan fingerprint density at radius 1 is 1.16 bits per heavy atom. The summed E-state index contributed by atoms with van der Waals surface area (Å²) in [5.41, 5.74) is 0. The van der Waals surface area contributed by atoms with Crippen LogP contribution in [0.1, 0.15) is 49.8 Å². The molecule has 1 atom stereocenters. The standard InChI is InChI=1S/C19H29N3O2S/c23-18(21-19(24)20-11-10-16-8-5-13-25-16)14-22-12-4-9-17(22)15-6-2-1-3-7-15/h5,8,13,15,17H,1-4,6-7,9-12,14H2,(H2,20,21,23,24)/t17-/m1/s1. The molecule has 0 aromatic carbocycles. The third-order valence-electron chi connectivity index (χ3n) is 5.44. The highest BCUT2D eigenvalue weighted by atomic mass is 32.1. The first-order valence-corrected chi connectivity index (χ1v) is 10.4. The Balaban J connectivity index is 1.38. The molecule has 3 rings (SSSR count). The molecule has 2 N–H and O–H groups in total. The highest BCUT2D eigenvalue weighted by molar-refractivity contribution is 7.09. The van der Waals surface area contributed by atoms with E-state index in [1.165, 1.54) is 49.8 Å². The van der Waals surface area contributed by atoms with Gasteiger partial charge in [0.1, 0.15) is 0 Å². The Bertz CT molecular complexity index is 555. The number of carbonyl (C=O) groups excluding carboxylic acids is 2. The van der Waals surface area contributed by atoms with Crippen molar-refractivity contribution in [2.24, 2.45) is 5.92 Å². The number of amides is 3. The highest BCUT2D eigenvalue weighted by Gasteiger charge is 2.33. The summed E-state index contributed by atoms with van der Waals surface area (Å²) in [6, 6.07) is 4.21. The highest BCUT2D eigenvalue weighted by Crippen LogP contribution is 2.33. The minimum absolute atomic E-state index is 0.184. The van der Waals surface area contributed by atoms with Crippen LogP contribution in [0.3, 0.4) is 0 Å². The minimum atomic E-state index is -0.380. The van der Waals surface area contributed by atoms with Gasteiger partial charge in [0, 0.05) is 17.5 Å². The summed E-state index contributed by atoms with van der Waals surface area (Å²) in [5.74, 6) is 0.556. The molecule has 0 radical (unpaired) electrons. The van der Waals surface area contributed by atoms with Crippen LogP contribution in [0.4, 0.5) is 4.79 Å². The number of carbonyl (C=O) groups is 2. The number of nitrogens with zero attached hydrogens (tertiary/aromatic N) is 1. The molecule has 1 saturated carbocycles. The molecule has 0 spiro atoms. The Labute approximate surface area is 154 Å². The van der Waals surface area contributed by atoms with E-state index in [0.29, 0.717) is 19.1 Å². The normalized spacial score (nSPS) is 22.0. The molecule has 2 fully saturated rings. The van der Waals surface area contributed by atoms with Gasteiger partial charge >= 0.3 is 6.03 Å². The maximum atomic E-state index is 12.2. The lowest BCUT2D eigenvalue weighted by molar-refractivity contribution is -0.121. The fourth-order valence-electron chi connectivity index (χ4n) is 4.25. The van der Waals surface area contributed by atoms with Crippen LogP contribution in [-0.4, -0.2) is 42.5 Å². The maximum absolute atomic E-state index is 12.2. The molecule has 6 heteroatoms. The van der Waals surface area contributed by atoms with E-state index < -0.39 is 0 Å². The van der Waals surface area contributed by atoms with Gasteiger partial charge in [-0.05, 0) is 56.0 Å². The molecule has 2 aliphatic rings. The quantitative estimate of drug-likeness (QED) is 0.816. The summed E-state index contributed by atoms with van der Waals surface area (Å²) >= 11 is 1.68. The summed E-state index contributed by atoms with van der Waals surface area (Å²) in [6.07, 6.45) is 9.77. The fraction of sp³-hybridized carbons (Fsp3) is 0.684. The van der Waals surface area contributed by atoms with Gasteiger partial charge < -0.3 is 5.32 Å². The number of nitrogens with one attached hydrogen (secondary N) is 2. The van der Waals surface area contributed by atoms with Crippen molar-refractivity contribution in [2.75, 3.05) is 19.6 Å². The van der Waals surface area contributed by atoms with E-state index in [4.69, 9.17) is 0 Å². The summed E-state index contributed by atoms with van der Waals surface area (Å²) in [6.45, 7) is 1.88. The molecule has 1 aromatic heterocycles. The molecular weight excluding hydrogens is 334 g/mol. The van der Waals surface area contributed by atoms with Crippen molar-refractivity contribution in [3.8, 4) is 0 Å². The number of rotatable bonds is 6. The Morgan fingerprint density at radius 2 is 2.00 bits per heavy atom. The van der Waals surface area contributed by atoms with E-state index in [1.807, 2.05) is 17.5 Å². The first-order chi connectivity index (χ1) is 12.2. The van der Waals surface area contributed by atoms with Gasteiger partial charge in [-0.3, -0.25) is 15.0 Å². The zero-order chi connectivity index (χ0) is 17.5. The van der Waals surface area contributed by atoms with E-state index in [1.54, 1.807) is 11.3 Å². The van der Waals surface area contributed by atoms with E-state index in [-0.39, 0.29) is 11.9 Å². The predicted octanol–water partition coefficient (Wildman–Crippen LogP) is 3.16. The zero-order valence-electron chi connectivity index (χ0n) is 14.8. The molecule has 25 heavy (non-hydrogen) atoms. The molecule has 1 aliphatic carbocycles. The predicted molar refractivity (Wildman–Crippen MR) is 101 cm³/mol. The second-order valence-electron chi connectivity index (χ2n) is 7.21.